The van der Waals surface area contributed by atoms with Crippen LogP contribution in [0.15, 0.2) is 48.7 Å². The molecule has 0 aliphatic rings. The van der Waals surface area contributed by atoms with E-state index in [2.05, 4.69) is 5.10 Å². The zero-order valence-corrected chi connectivity index (χ0v) is 14.3. The fraction of sp³-hybridized carbons (Fsp3) is 0.158. The van der Waals surface area contributed by atoms with Gasteiger partial charge in [0.2, 0.25) is 5.91 Å². The van der Waals surface area contributed by atoms with Gasteiger partial charge in [0.25, 0.3) is 0 Å². The normalized spacial score (nSPS) is 11.4. The van der Waals surface area contributed by atoms with Gasteiger partial charge in [0.05, 0.1) is 22.7 Å². The number of halogens is 2. The van der Waals surface area contributed by atoms with Crippen LogP contribution in [0.5, 0.6) is 0 Å². The summed E-state index contributed by atoms with van der Waals surface area (Å²) < 4.78 is 30.5. The Balaban J connectivity index is 1.75. The maximum Gasteiger partial charge on any atom is 0.246 e. The van der Waals surface area contributed by atoms with Crippen LogP contribution in [0.2, 0.25) is 0 Å². The Bertz CT molecular complexity index is 1130. The minimum Gasteiger partial charge on any atom is -0.328 e. The lowest BCUT2D eigenvalue weighted by molar-refractivity contribution is -0.118. The Morgan fingerprint density at radius 2 is 1.81 bits per heavy atom. The number of nitrogens with zero attached hydrogens (tertiary/aromatic N) is 4. The highest BCUT2D eigenvalue weighted by Crippen LogP contribution is 2.28. The summed E-state index contributed by atoms with van der Waals surface area (Å²) in [5.41, 5.74) is 2.85. The monoisotopic (exact) mass is 354 g/mol. The number of benzene rings is 2. The molecule has 4 aromatic rings. The molecule has 0 atom stereocenters. The quantitative estimate of drug-likeness (QED) is 0.565. The van der Waals surface area contributed by atoms with Gasteiger partial charge in [0.1, 0.15) is 18.2 Å². The third-order valence-corrected chi connectivity index (χ3v) is 4.56. The number of carbonyl (C=O) groups excluding carboxylic acids is 1. The van der Waals surface area contributed by atoms with E-state index >= 15 is 0 Å². The SMILES string of the molecule is CN(C(=O)Cn1c2ccccc2c2c1cnn2C)c1cc(F)cc(F)c1. The van der Waals surface area contributed by atoms with Gasteiger partial charge in [-0.2, -0.15) is 5.10 Å². The van der Waals surface area contributed by atoms with Crippen molar-refractivity contribution in [2.45, 2.75) is 6.54 Å². The minimum absolute atomic E-state index is 0.0321. The minimum atomic E-state index is -0.722. The maximum atomic E-state index is 13.5. The van der Waals surface area contributed by atoms with E-state index in [9.17, 15) is 13.6 Å². The molecule has 0 N–H and O–H groups in total. The van der Waals surface area contributed by atoms with Crippen molar-refractivity contribution in [3.63, 3.8) is 0 Å². The van der Waals surface area contributed by atoms with Crippen LogP contribution >= 0.6 is 0 Å². The molecule has 0 aliphatic carbocycles. The van der Waals surface area contributed by atoms with E-state index in [1.807, 2.05) is 35.9 Å². The summed E-state index contributed by atoms with van der Waals surface area (Å²) in [6.07, 6.45) is 1.71. The summed E-state index contributed by atoms with van der Waals surface area (Å²) in [5.74, 6) is -1.73. The second-order valence-corrected chi connectivity index (χ2v) is 6.19. The number of hydrogen-bond acceptors (Lipinski definition) is 2. The van der Waals surface area contributed by atoms with Crippen molar-refractivity contribution >= 4 is 33.5 Å². The molecule has 2 aromatic carbocycles. The molecular formula is C19H16F2N4O. The molecule has 0 spiro atoms. The van der Waals surface area contributed by atoms with Crippen LogP contribution in [-0.2, 0) is 18.4 Å². The van der Waals surface area contributed by atoms with E-state index in [1.54, 1.807) is 10.9 Å². The van der Waals surface area contributed by atoms with E-state index < -0.39 is 11.6 Å². The van der Waals surface area contributed by atoms with Crippen LogP contribution < -0.4 is 4.90 Å². The zero-order valence-electron chi connectivity index (χ0n) is 14.3. The average Bonchev–Trinajstić information content (AvgIpc) is 3.13. The predicted molar refractivity (Wildman–Crippen MR) is 96.0 cm³/mol. The molecule has 0 saturated carbocycles. The second-order valence-electron chi connectivity index (χ2n) is 6.19. The number of aryl methyl sites for hydroxylation is 1. The fourth-order valence-electron chi connectivity index (χ4n) is 3.26. The molecule has 0 aliphatic heterocycles. The molecule has 0 bridgehead atoms. The summed E-state index contributed by atoms with van der Waals surface area (Å²) in [5, 5.41) is 5.27. The Labute approximate surface area is 148 Å². The number of amides is 1. The maximum absolute atomic E-state index is 13.5. The fourth-order valence-corrected chi connectivity index (χ4v) is 3.26. The highest BCUT2D eigenvalue weighted by Gasteiger charge is 2.19. The number of para-hydroxylation sites is 1. The van der Waals surface area contributed by atoms with E-state index in [1.165, 1.54) is 11.9 Å². The van der Waals surface area contributed by atoms with Crippen molar-refractivity contribution in [1.29, 1.82) is 0 Å². The van der Waals surface area contributed by atoms with Gasteiger partial charge in [0.15, 0.2) is 0 Å². The Morgan fingerprint density at radius 1 is 1.12 bits per heavy atom. The number of anilines is 1. The molecule has 26 heavy (non-hydrogen) atoms. The van der Waals surface area contributed by atoms with Gasteiger partial charge in [-0.15, -0.1) is 0 Å². The van der Waals surface area contributed by atoms with E-state index in [4.69, 9.17) is 0 Å². The number of rotatable bonds is 3. The van der Waals surface area contributed by atoms with Crippen molar-refractivity contribution in [3.05, 3.63) is 60.3 Å². The van der Waals surface area contributed by atoms with Gasteiger partial charge < -0.3 is 9.47 Å². The highest BCUT2D eigenvalue weighted by atomic mass is 19.1. The van der Waals surface area contributed by atoms with E-state index in [0.717, 1.165) is 40.1 Å². The van der Waals surface area contributed by atoms with Gasteiger partial charge in [-0.3, -0.25) is 9.48 Å². The van der Waals surface area contributed by atoms with Crippen LogP contribution in [-0.4, -0.2) is 27.3 Å². The lowest BCUT2D eigenvalue weighted by Gasteiger charge is -2.18. The van der Waals surface area contributed by atoms with Crippen molar-refractivity contribution in [2.24, 2.45) is 7.05 Å². The summed E-state index contributed by atoms with van der Waals surface area (Å²) in [6.45, 7) is 0.0321. The van der Waals surface area contributed by atoms with Gasteiger partial charge in [-0.05, 0) is 18.2 Å². The first kappa shape index (κ1) is 16.3. The third-order valence-electron chi connectivity index (χ3n) is 4.56. The molecule has 1 amide bonds. The number of aromatic nitrogens is 3. The Kier molecular flexibility index (Phi) is 3.72. The predicted octanol–water partition coefficient (Wildman–Crippen LogP) is 3.47. The van der Waals surface area contributed by atoms with Gasteiger partial charge in [0, 0.05) is 31.2 Å². The first-order valence-electron chi connectivity index (χ1n) is 8.07. The molecule has 2 aromatic heterocycles. The number of fused-ring (bicyclic) bond motifs is 3. The molecule has 7 heteroatoms. The smallest absolute Gasteiger partial charge is 0.246 e. The van der Waals surface area contributed by atoms with Gasteiger partial charge in [-0.1, -0.05) is 18.2 Å². The molecule has 0 unspecified atom stereocenters. The molecule has 0 fully saturated rings. The molecule has 5 nitrogen and oxygen atoms in total. The molecule has 0 saturated heterocycles. The highest BCUT2D eigenvalue weighted by molar-refractivity contribution is 6.07. The van der Waals surface area contributed by atoms with Crippen LogP contribution in [0.4, 0.5) is 14.5 Å². The van der Waals surface area contributed by atoms with Crippen LogP contribution in [0.1, 0.15) is 0 Å². The topological polar surface area (TPSA) is 43.1 Å². The van der Waals surface area contributed by atoms with Crippen molar-refractivity contribution < 1.29 is 13.6 Å². The molecular weight excluding hydrogens is 338 g/mol. The van der Waals surface area contributed by atoms with Crippen LogP contribution in [0.25, 0.3) is 21.9 Å². The zero-order chi connectivity index (χ0) is 18.4. The average molecular weight is 354 g/mol. The van der Waals surface area contributed by atoms with Crippen molar-refractivity contribution in [1.82, 2.24) is 14.3 Å². The third kappa shape index (κ3) is 2.52. The molecule has 0 radical (unpaired) electrons. The molecule has 132 valence electrons. The Morgan fingerprint density at radius 3 is 2.54 bits per heavy atom. The summed E-state index contributed by atoms with van der Waals surface area (Å²) in [4.78, 5) is 14.0. The van der Waals surface area contributed by atoms with E-state index in [-0.39, 0.29) is 18.1 Å². The van der Waals surface area contributed by atoms with Gasteiger partial charge in [-0.25, -0.2) is 8.78 Å². The van der Waals surface area contributed by atoms with Crippen molar-refractivity contribution in [3.8, 4) is 0 Å². The standard InChI is InChI=1S/C19H16F2N4O/c1-23(14-8-12(20)7-13(21)9-14)18(26)11-25-16-6-4-3-5-15(16)19-17(25)10-22-24(19)2/h3-10H,11H2,1-2H3. The first-order valence-corrected chi connectivity index (χ1v) is 8.07. The second kappa shape index (κ2) is 5.94. The summed E-state index contributed by atoms with van der Waals surface area (Å²) in [6, 6.07) is 10.8. The number of carbonyl (C=O) groups is 1. The molecule has 2 heterocycles. The first-order chi connectivity index (χ1) is 12.5. The molecule has 4 rings (SSSR count). The number of likely N-dealkylation sites (N-methyl/N-ethyl adjacent to an activating group) is 1. The van der Waals surface area contributed by atoms with Crippen LogP contribution in [0, 0.1) is 11.6 Å². The lowest BCUT2D eigenvalue weighted by atomic mass is 10.2. The number of hydrogen-bond donors (Lipinski definition) is 0. The Hall–Kier alpha value is -3.22. The largest absolute Gasteiger partial charge is 0.328 e. The van der Waals surface area contributed by atoms with Crippen LogP contribution in [0.3, 0.4) is 0 Å². The van der Waals surface area contributed by atoms with Gasteiger partial charge >= 0.3 is 0 Å². The van der Waals surface area contributed by atoms with E-state index in [0.29, 0.717) is 0 Å². The summed E-state index contributed by atoms with van der Waals surface area (Å²) >= 11 is 0. The lowest BCUT2D eigenvalue weighted by Crippen LogP contribution is -2.30. The van der Waals surface area contributed by atoms with Crippen molar-refractivity contribution in [2.75, 3.05) is 11.9 Å². The summed E-state index contributed by atoms with van der Waals surface area (Å²) in [7, 11) is 3.35.